The molecule has 8 aromatic rings. The van der Waals surface area contributed by atoms with Gasteiger partial charge >= 0.3 is 23.9 Å². The van der Waals surface area contributed by atoms with Crippen LogP contribution in [0, 0.1) is 22.7 Å². The van der Waals surface area contributed by atoms with Gasteiger partial charge in [0.1, 0.15) is 66.9 Å². The average Bonchev–Trinajstić information content (AvgIpc) is 1.55. The molecule has 4 aromatic heterocycles. The average molecular weight is 1400 g/mol. The van der Waals surface area contributed by atoms with Crippen molar-refractivity contribution in [1.29, 1.82) is 0 Å². The lowest BCUT2D eigenvalue weighted by Crippen LogP contribution is -2.39. The van der Waals surface area contributed by atoms with Crippen molar-refractivity contribution in [1.82, 2.24) is 39.1 Å². The van der Waals surface area contributed by atoms with Crippen LogP contribution < -0.4 is 0 Å². The molecule has 10 unspecified atom stereocenters. The third-order valence-electron chi connectivity index (χ3n) is 23.6. The summed E-state index contributed by atoms with van der Waals surface area (Å²) in [6, 6.07) is 32.5. The first-order valence-corrected chi connectivity index (χ1v) is 34.9. The highest BCUT2D eigenvalue weighted by Crippen LogP contribution is 2.70. The van der Waals surface area contributed by atoms with Crippen molar-refractivity contribution in [3.8, 4) is 0 Å². The fourth-order valence-electron chi connectivity index (χ4n) is 19.2. The quantitative estimate of drug-likeness (QED) is 0.0540. The topological polar surface area (TPSA) is 176 Å². The largest absolute Gasteiger partial charge is 0.450 e. The van der Waals surface area contributed by atoms with Crippen LogP contribution in [-0.2, 0) is 69.5 Å². The number of halogens is 7. The number of benzene rings is 4. The lowest BCUT2D eigenvalue weighted by atomic mass is 9.76. The van der Waals surface area contributed by atoms with E-state index in [1.54, 1.807) is 7.05 Å². The number of hydrogen-bond acceptors (Lipinski definition) is 12. The van der Waals surface area contributed by atoms with Crippen LogP contribution in [-0.4, -0.2) is 63.0 Å². The van der Waals surface area contributed by atoms with Crippen LogP contribution in [0.2, 0.25) is 5.15 Å². The summed E-state index contributed by atoms with van der Waals surface area (Å²) in [6.45, 7) is 12.8. The maximum atomic E-state index is 13.3. The molecule has 0 radical (unpaired) electrons. The van der Waals surface area contributed by atoms with Crippen LogP contribution in [0.25, 0.3) is 0 Å². The van der Waals surface area contributed by atoms with Gasteiger partial charge in [0.05, 0.1) is 6.20 Å². The minimum Gasteiger partial charge on any atom is -0.450 e. The third kappa shape index (κ3) is 11.0. The number of alkyl halides is 6. The Bertz CT molecular complexity index is 4340. The van der Waals surface area contributed by atoms with Crippen LogP contribution in [0.3, 0.4) is 0 Å². The van der Waals surface area contributed by atoms with Gasteiger partial charge in [0.25, 0.3) is 19.3 Å². The van der Waals surface area contributed by atoms with Gasteiger partial charge in [-0.15, -0.1) is 0 Å². The highest BCUT2D eigenvalue weighted by atomic mass is 35.5. The van der Waals surface area contributed by atoms with E-state index in [9.17, 15) is 45.5 Å². The number of carbonyl (C=O) groups excluding carboxylic acids is 4. The maximum Gasteiger partial charge on any atom is 0.343 e. The Balaban J connectivity index is 0.000000120. The van der Waals surface area contributed by atoms with E-state index in [2.05, 4.69) is 98.3 Å². The monoisotopic (exact) mass is 1400 g/mol. The lowest BCUT2D eigenvalue weighted by Gasteiger charge is -2.38. The molecule has 23 heteroatoms. The van der Waals surface area contributed by atoms with Crippen LogP contribution in [0.5, 0.6) is 0 Å². The molecule has 16 nitrogen and oxygen atoms in total. The minimum absolute atomic E-state index is 0.124. The molecule has 4 saturated carbocycles. The first-order valence-electron chi connectivity index (χ1n) is 34.5. The molecule has 8 aliphatic carbocycles. The van der Waals surface area contributed by atoms with Crippen LogP contribution in [0.15, 0.2) is 122 Å². The molecule has 0 spiro atoms. The highest BCUT2D eigenvalue weighted by Gasteiger charge is 2.67. The summed E-state index contributed by atoms with van der Waals surface area (Å²) < 4.78 is 109. The SMILES string of the molecule is CCCC1C2CCC1(OC(=O)c1cn(C)nc1C(F)F)c1ccccc12.CCCC1C2CCC1(OC(=O)c1cn(C)nc1C(F)F)c1ccccc12.Cn1cc(C(=O)OC23CCC(c4ccccc42)C3(C)C)c(C(F)F)n1.Cn1ncc(C(=O)OC23CCC(c4ccccc42)C3(C)C)c1Cl. The molecule has 0 amide bonds. The van der Waals surface area contributed by atoms with Crippen LogP contribution in [0.4, 0.5) is 26.3 Å². The van der Waals surface area contributed by atoms with E-state index in [0.717, 1.165) is 92.9 Å². The van der Waals surface area contributed by atoms with E-state index in [4.69, 9.17) is 30.5 Å². The zero-order valence-corrected chi connectivity index (χ0v) is 58.5. The molecule has 528 valence electrons. The lowest BCUT2D eigenvalue weighted by molar-refractivity contribution is -0.0688. The first kappa shape index (κ1) is 69.9. The van der Waals surface area contributed by atoms with Gasteiger partial charge in [0.15, 0.2) is 0 Å². The van der Waals surface area contributed by atoms with Crippen molar-refractivity contribution in [2.45, 2.75) is 184 Å². The van der Waals surface area contributed by atoms with Crippen molar-refractivity contribution in [2.24, 2.45) is 50.9 Å². The molecule has 16 rings (SSSR count). The van der Waals surface area contributed by atoms with E-state index in [0.29, 0.717) is 40.8 Å². The summed E-state index contributed by atoms with van der Waals surface area (Å²) in [7, 11) is 6.27. The van der Waals surface area contributed by atoms with Crippen molar-refractivity contribution in [3.05, 3.63) is 211 Å². The number of aromatic nitrogens is 8. The minimum atomic E-state index is -2.82. The second-order valence-electron chi connectivity index (χ2n) is 29.2. The van der Waals surface area contributed by atoms with Crippen molar-refractivity contribution in [3.63, 3.8) is 0 Å². The first-order chi connectivity index (χ1) is 47.6. The van der Waals surface area contributed by atoms with E-state index in [1.807, 2.05) is 60.7 Å². The number of hydrogen-bond donors (Lipinski definition) is 0. The molecule has 0 N–H and O–H groups in total. The zero-order chi connectivity index (χ0) is 71.3. The van der Waals surface area contributed by atoms with Gasteiger partial charge in [-0.1, -0.05) is 163 Å². The molecule has 8 aliphatic rings. The molecule has 0 aliphatic heterocycles. The van der Waals surface area contributed by atoms with Crippen molar-refractivity contribution >= 4 is 35.5 Å². The van der Waals surface area contributed by atoms with Crippen LogP contribution >= 0.6 is 11.6 Å². The number of aryl methyl sites for hydroxylation is 4. The molecule has 4 fully saturated rings. The molecule has 0 saturated heterocycles. The number of fused-ring (bicyclic) bond motifs is 20. The predicted molar refractivity (Wildman–Crippen MR) is 359 cm³/mol. The summed E-state index contributed by atoms with van der Waals surface area (Å²) in [5.41, 5.74) is 4.42. The van der Waals surface area contributed by atoms with Crippen molar-refractivity contribution in [2.75, 3.05) is 0 Å². The summed E-state index contributed by atoms with van der Waals surface area (Å²) >= 11 is 6.16. The molecular weight excluding hydrogens is 1310 g/mol. The Kier molecular flexibility index (Phi) is 18.3. The third-order valence-corrected chi connectivity index (χ3v) is 24.1. The standard InChI is InChI=1S/2C20H22F2N2O2.C19H20F2N2O2.C18H19ClN2O2/c2*1-3-6-15-13-9-10-20(15,16-8-5-4-7-12(13)16)26-19(25)14-11-24(2)23-17(14)18(21)22;1-18(2)13-8-9-19(18,14-7-5-4-6-11(13)14)25-17(24)12-10-23(3)22-15(12)16(20)21;1-17(2)13-8-9-18(17,14-7-5-4-6-11(13)14)23-16(22)12-10-20-21(3)15(12)19/h2*4-5,7-8,11,13,15,18H,3,6,9-10H2,1-2H3;4-7,10,13,16H,8-9H2,1-3H3;4-7,10,13H,8-9H2,1-3H3. The van der Waals surface area contributed by atoms with Gasteiger partial charge in [-0.3, -0.25) is 18.7 Å². The Morgan fingerprint density at radius 3 is 1.14 bits per heavy atom. The summed E-state index contributed by atoms with van der Waals surface area (Å²) in [4.78, 5) is 51.3. The zero-order valence-electron chi connectivity index (χ0n) is 57.7. The second-order valence-corrected chi connectivity index (χ2v) is 29.6. The Morgan fingerprint density at radius 1 is 0.470 bits per heavy atom. The second kappa shape index (κ2) is 26.1. The van der Waals surface area contributed by atoms with E-state index < -0.39 is 82.6 Å². The molecule has 4 aromatic carbocycles. The molecule has 8 bridgehead atoms. The van der Waals surface area contributed by atoms with Gasteiger partial charge in [-0.2, -0.15) is 20.4 Å². The smallest absolute Gasteiger partial charge is 0.343 e. The molecule has 4 heterocycles. The van der Waals surface area contributed by atoms with Crippen molar-refractivity contribution < 1.29 is 64.5 Å². The fraction of sp³-hybridized carbons (Fsp3) is 0.481. The van der Waals surface area contributed by atoms with E-state index in [-0.39, 0.29) is 39.4 Å². The molecular formula is C77H83ClF6N8O8. The number of esters is 4. The van der Waals surface area contributed by atoms with Gasteiger partial charge in [0.2, 0.25) is 0 Å². The normalized spacial score (nSPS) is 26.4. The van der Waals surface area contributed by atoms with Crippen LogP contribution in [0.1, 0.15) is 265 Å². The van der Waals surface area contributed by atoms with Gasteiger partial charge in [0, 0.05) is 69.4 Å². The number of nitrogens with zero attached hydrogens (tertiary/aromatic N) is 8. The Hall–Kier alpha value is -8.53. The van der Waals surface area contributed by atoms with Gasteiger partial charge < -0.3 is 18.9 Å². The fourth-order valence-corrected chi connectivity index (χ4v) is 19.4. The maximum absolute atomic E-state index is 13.3. The van der Waals surface area contributed by atoms with Gasteiger partial charge in [-0.05, 0) is 132 Å². The summed E-state index contributed by atoms with van der Waals surface area (Å²) in [5.74, 6) is -0.622. The summed E-state index contributed by atoms with van der Waals surface area (Å²) in [6.07, 6.45) is 7.79. The number of carbonyl (C=O) groups is 4. The van der Waals surface area contributed by atoms with Gasteiger partial charge in [-0.25, -0.2) is 45.5 Å². The number of rotatable bonds is 15. The number of ether oxygens (including phenoxy) is 4. The van der Waals surface area contributed by atoms with E-state index in [1.165, 1.54) is 86.9 Å². The highest BCUT2D eigenvalue weighted by molar-refractivity contribution is 6.32. The van der Waals surface area contributed by atoms with E-state index >= 15 is 0 Å². The Labute approximate surface area is 582 Å². The molecule has 10 atom stereocenters. The molecule has 100 heavy (non-hydrogen) atoms. The Morgan fingerprint density at radius 2 is 0.800 bits per heavy atom. The summed E-state index contributed by atoms with van der Waals surface area (Å²) in [5, 5.41) is 15.5. The predicted octanol–water partition coefficient (Wildman–Crippen LogP) is 17.8.